The molecule has 5 nitrogen and oxygen atoms in total. The van der Waals surface area contributed by atoms with Crippen molar-refractivity contribution in [3.8, 4) is 0 Å². The lowest BCUT2D eigenvalue weighted by molar-refractivity contribution is 0.0424. The second-order valence-electron chi connectivity index (χ2n) is 6.92. The zero-order chi connectivity index (χ0) is 17.5. The van der Waals surface area contributed by atoms with E-state index in [1.54, 1.807) is 0 Å². The molecule has 2 aliphatic rings. The maximum absolute atomic E-state index is 5.79. The normalized spacial score (nSPS) is 25.8. The van der Waals surface area contributed by atoms with Crippen LogP contribution in [0, 0.1) is 6.92 Å². The molecule has 0 radical (unpaired) electrons. The van der Waals surface area contributed by atoms with Crippen LogP contribution in [0.1, 0.15) is 43.2 Å². The highest BCUT2D eigenvalue weighted by Gasteiger charge is 2.39. The van der Waals surface area contributed by atoms with Crippen molar-refractivity contribution in [3.05, 3.63) is 35.4 Å². The molecule has 1 saturated carbocycles. The zero-order valence-electron chi connectivity index (χ0n) is 15.5. The molecule has 1 heterocycles. The van der Waals surface area contributed by atoms with E-state index >= 15 is 0 Å². The second-order valence-corrected chi connectivity index (χ2v) is 6.92. The van der Waals surface area contributed by atoms with Crippen molar-refractivity contribution < 1.29 is 9.47 Å². The van der Waals surface area contributed by atoms with Gasteiger partial charge in [-0.2, -0.15) is 0 Å². The lowest BCUT2D eigenvalue weighted by Gasteiger charge is -2.12. The van der Waals surface area contributed by atoms with Crippen LogP contribution in [0.25, 0.3) is 0 Å². The molecule has 1 aromatic rings. The summed E-state index contributed by atoms with van der Waals surface area (Å²) in [4.78, 5) is 4.69. The highest BCUT2D eigenvalue weighted by Crippen LogP contribution is 2.41. The van der Waals surface area contributed by atoms with Gasteiger partial charge in [0.2, 0.25) is 0 Å². The average molecular weight is 345 g/mol. The summed E-state index contributed by atoms with van der Waals surface area (Å²) in [6, 6.07) is 9.17. The Bertz CT molecular complexity index is 570. The molecule has 3 atom stereocenters. The number of hydrogen-bond donors (Lipinski definition) is 2. The quantitative estimate of drug-likeness (QED) is 0.432. The van der Waals surface area contributed by atoms with Crippen LogP contribution in [-0.4, -0.2) is 51.0 Å². The molecule has 2 fully saturated rings. The fourth-order valence-corrected chi connectivity index (χ4v) is 3.35. The van der Waals surface area contributed by atoms with Crippen molar-refractivity contribution in [1.82, 2.24) is 10.6 Å². The summed E-state index contributed by atoms with van der Waals surface area (Å²) in [5, 5.41) is 6.93. The number of benzene rings is 1. The molecule has 1 aliphatic heterocycles. The first-order chi connectivity index (χ1) is 12.3. The topological polar surface area (TPSA) is 54.9 Å². The van der Waals surface area contributed by atoms with Crippen LogP contribution in [0.3, 0.4) is 0 Å². The van der Waals surface area contributed by atoms with Gasteiger partial charge < -0.3 is 20.1 Å². The Labute approximate surface area is 151 Å². The Balaban J connectivity index is 1.41. The number of hydrogen-bond acceptors (Lipinski definition) is 3. The van der Waals surface area contributed by atoms with Gasteiger partial charge in [0.05, 0.1) is 12.7 Å². The van der Waals surface area contributed by atoms with Crippen molar-refractivity contribution in [3.63, 3.8) is 0 Å². The average Bonchev–Trinajstić information content (AvgIpc) is 3.16. The number of rotatable bonds is 8. The summed E-state index contributed by atoms with van der Waals surface area (Å²) in [6.07, 6.45) is 3.44. The minimum atomic E-state index is 0.289. The summed E-state index contributed by atoms with van der Waals surface area (Å²) in [5.41, 5.74) is 2.84. The molecule has 0 spiro atoms. The second kappa shape index (κ2) is 9.20. The van der Waals surface area contributed by atoms with Gasteiger partial charge >= 0.3 is 0 Å². The maximum Gasteiger partial charge on any atom is 0.191 e. The molecule has 1 saturated heterocycles. The summed E-state index contributed by atoms with van der Waals surface area (Å²) in [7, 11) is 0. The maximum atomic E-state index is 5.79. The van der Waals surface area contributed by atoms with E-state index in [2.05, 4.69) is 48.7 Å². The van der Waals surface area contributed by atoms with Gasteiger partial charge in [0, 0.05) is 38.3 Å². The lowest BCUT2D eigenvalue weighted by Crippen LogP contribution is -2.39. The molecule has 2 N–H and O–H groups in total. The SMILES string of the molecule is CCNC(=NCCCOC1CCOC1)NC1CC1c1ccccc1C. The van der Waals surface area contributed by atoms with E-state index in [1.165, 1.54) is 17.5 Å². The third-order valence-electron chi connectivity index (χ3n) is 4.86. The number of ether oxygens (including phenoxy) is 2. The zero-order valence-corrected chi connectivity index (χ0v) is 15.5. The van der Waals surface area contributed by atoms with Crippen LogP contribution >= 0.6 is 0 Å². The van der Waals surface area contributed by atoms with E-state index < -0.39 is 0 Å². The Kier molecular flexibility index (Phi) is 6.70. The molecular formula is C20H31N3O2. The molecule has 0 amide bonds. The molecule has 25 heavy (non-hydrogen) atoms. The predicted octanol–water partition coefficient (Wildman–Crippen LogP) is 2.60. The molecule has 1 aliphatic carbocycles. The van der Waals surface area contributed by atoms with Crippen LogP contribution in [0.4, 0.5) is 0 Å². The van der Waals surface area contributed by atoms with Crippen molar-refractivity contribution in [1.29, 1.82) is 0 Å². The Morgan fingerprint density at radius 1 is 1.36 bits per heavy atom. The lowest BCUT2D eigenvalue weighted by atomic mass is 10.0. The summed E-state index contributed by atoms with van der Waals surface area (Å²) in [6.45, 7) is 8.29. The standard InChI is InChI=1S/C20H31N3O2/c1-3-21-20(22-10-6-11-25-16-9-12-24-14-16)23-19-13-18(19)17-8-5-4-7-15(17)2/h4-5,7-8,16,18-19H,3,6,9-14H2,1-2H3,(H2,21,22,23). The van der Waals surface area contributed by atoms with E-state index in [4.69, 9.17) is 14.5 Å². The molecule has 3 unspecified atom stereocenters. The largest absolute Gasteiger partial charge is 0.379 e. The number of aryl methyl sites for hydroxylation is 1. The van der Waals surface area contributed by atoms with E-state index in [0.717, 1.165) is 51.7 Å². The van der Waals surface area contributed by atoms with Crippen molar-refractivity contribution in [2.75, 3.05) is 32.9 Å². The van der Waals surface area contributed by atoms with E-state index in [-0.39, 0.29) is 6.10 Å². The van der Waals surface area contributed by atoms with Gasteiger partial charge in [-0.3, -0.25) is 4.99 Å². The van der Waals surface area contributed by atoms with Gasteiger partial charge in [0.15, 0.2) is 5.96 Å². The van der Waals surface area contributed by atoms with Crippen LogP contribution in [0.5, 0.6) is 0 Å². The summed E-state index contributed by atoms with van der Waals surface area (Å²) >= 11 is 0. The fourth-order valence-electron chi connectivity index (χ4n) is 3.35. The molecule has 1 aromatic carbocycles. The van der Waals surface area contributed by atoms with Gasteiger partial charge in [-0.1, -0.05) is 24.3 Å². The minimum Gasteiger partial charge on any atom is -0.379 e. The van der Waals surface area contributed by atoms with E-state index in [0.29, 0.717) is 12.0 Å². The van der Waals surface area contributed by atoms with Crippen molar-refractivity contribution >= 4 is 5.96 Å². The first-order valence-corrected chi connectivity index (χ1v) is 9.57. The monoisotopic (exact) mass is 345 g/mol. The molecule has 3 rings (SSSR count). The molecular weight excluding hydrogens is 314 g/mol. The smallest absolute Gasteiger partial charge is 0.191 e. The molecule has 138 valence electrons. The van der Waals surface area contributed by atoms with Crippen LogP contribution < -0.4 is 10.6 Å². The molecule has 0 aromatic heterocycles. The van der Waals surface area contributed by atoms with E-state index in [9.17, 15) is 0 Å². The molecule has 0 bridgehead atoms. The number of aliphatic imine (C=N–C) groups is 1. The fraction of sp³-hybridized carbons (Fsp3) is 0.650. The summed E-state index contributed by atoms with van der Waals surface area (Å²) < 4.78 is 11.1. The number of nitrogens with zero attached hydrogens (tertiary/aromatic N) is 1. The first-order valence-electron chi connectivity index (χ1n) is 9.57. The third kappa shape index (κ3) is 5.44. The van der Waals surface area contributed by atoms with Crippen molar-refractivity contribution in [2.45, 2.75) is 51.2 Å². The highest BCUT2D eigenvalue weighted by atomic mass is 16.5. The van der Waals surface area contributed by atoms with Gasteiger partial charge in [0.1, 0.15) is 0 Å². The first kappa shape index (κ1) is 18.2. The number of guanidine groups is 1. The van der Waals surface area contributed by atoms with Crippen LogP contribution in [-0.2, 0) is 9.47 Å². The molecule has 5 heteroatoms. The van der Waals surface area contributed by atoms with Crippen molar-refractivity contribution in [2.24, 2.45) is 4.99 Å². The van der Waals surface area contributed by atoms with Gasteiger partial charge in [-0.25, -0.2) is 0 Å². The minimum absolute atomic E-state index is 0.289. The summed E-state index contributed by atoms with van der Waals surface area (Å²) in [5.74, 6) is 1.53. The Hall–Kier alpha value is -1.59. The van der Waals surface area contributed by atoms with E-state index in [1.807, 2.05) is 0 Å². The van der Waals surface area contributed by atoms with Gasteiger partial charge in [-0.15, -0.1) is 0 Å². The highest BCUT2D eigenvalue weighted by molar-refractivity contribution is 5.80. The third-order valence-corrected chi connectivity index (χ3v) is 4.86. The number of nitrogens with one attached hydrogen (secondary N) is 2. The predicted molar refractivity (Wildman–Crippen MR) is 101 cm³/mol. The van der Waals surface area contributed by atoms with Gasteiger partial charge in [-0.05, 0) is 44.2 Å². The van der Waals surface area contributed by atoms with Gasteiger partial charge in [0.25, 0.3) is 0 Å². The van der Waals surface area contributed by atoms with Crippen LogP contribution in [0.15, 0.2) is 29.3 Å². The Morgan fingerprint density at radius 3 is 3.00 bits per heavy atom. The Morgan fingerprint density at radius 2 is 2.24 bits per heavy atom. The van der Waals surface area contributed by atoms with Crippen LogP contribution in [0.2, 0.25) is 0 Å².